The maximum Gasteiger partial charge on any atom is 0.257 e. The van der Waals surface area contributed by atoms with Crippen molar-refractivity contribution in [1.82, 2.24) is 14.7 Å². The molecule has 2 heterocycles. The van der Waals surface area contributed by atoms with E-state index >= 15 is 0 Å². The van der Waals surface area contributed by atoms with E-state index in [9.17, 15) is 4.79 Å². The first-order valence-corrected chi connectivity index (χ1v) is 9.71. The lowest BCUT2D eigenvalue weighted by Gasteiger charge is -2.32. The van der Waals surface area contributed by atoms with Crippen molar-refractivity contribution in [3.63, 3.8) is 0 Å². The first kappa shape index (κ1) is 19.3. The largest absolute Gasteiger partial charge is 0.497 e. The lowest BCUT2D eigenvalue weighted by molar-refractivity contribution is 0.0632. The maximum atomic E-state index is 13.0. The van der Waals surface area contributed by atoms with Gasteiger partial charge < -0.3 is 14.4 Å². The van der Waals surface area contributed by atoms with E-state index in [4.69, 9.17) is 9.47 Å². The number of amides is 1. The molecule has 0 aliphatic carbocycles. The number of carbonyl (C=O) groups is 1. The Bertz CT molecular complexity index is 772. The zero-order valence-corrected chi connectivity index (χ0v) is 16.5. The molecule has 27 heavy (non-hydrogen) atoms. The number of aryl methyl sites for hydroxylation is 1. The van der Waals surface area contributed by atoms with Crippen LogP contribution < -0.4 is 9.47 Å². The van der Waals surface area contributed by atoms with E-state index in [1.54, 1.807) is 13.3 Å². The highest BCUT2D eigenvalue weighted by Gasteiger charge is 2.27. The van der Waals surface area contributed by atoms with Crippen molar-refractivity contribution in [3.05, 3.63) is 41.7 Å². The topological polar surface area (TPSA) is 56.6 Å². The van der Waals surface area contributed by atoms with Crippen molar-refractivity contribution >= 4 is 5.91 Å². The van der Waals surface area contributed by atoms with E-state index in [-0.39, 0.29) is 5.91 Å². The van der Waals surface area contributed by atoms with Crippen LogP contribution in [0.1, 0.15) is 42.2 Å². The molecule has 0 bridgehead atoms. The Kier molecular flexibility index (Phi) is 6.37. The van der Waals surface area contributed by atoms with Gasteiger partial charge in [-0.25, -0.2) is 0 Å². The van der Waals surface area contributed by atoms with Crippen LogP contribution in [0.25, 0.3) is 0 Å². The Morgan fingerprint density at radius 1 is 1.33 bits per heavy atom. The maximum absolute atomic E-state index is 13.0. The molecule has 6 nitrogen and oxygen atoms in total. The third-order valence-electron chi connectivity index (χ3n) is 5.10. The second-order valence-corrected chi connectivity index (χ2v) is 7.12. The summed E-state index contributed by atoms with van der Waals surface area (Å²) >= 11 is 0. The molecule has 0 radical (unpaired) electrons. The number of hydrogen-bond acceptors (Lipinski definition) is 4. The zero-order chi connectivity index (χ0) is 19.2. The Hall–Kier alpha value is -2.50. The number of hydrogen-bond donors (Lipinski definition) is 0. The fraction of sp³-hybridized carbons (Fsp3) is 0.524. The molecular formula is C21H29N3O3. The normalized spacial score (nSPS) is 17.0. The summed E-state index contributed by atoms with van der Waals surface area (Å²) in [7, 11) is 1.65. The number of nitrogens with zero attached hydrogens (tertiary/aromatic N) is 3. The predicted molar refractivity (Wildman–Crippen MR) is 104 cm³/mol. The first-order chi connectivity index (χ1) is 13.1. The average Bonchev–Trinajstić information content (AvgIpc) is 3.07. The smallest absolute Gasteiger partial charge is 0.257 e. The molecule has 1 amide bonds. The molecule has 3 rings (SSSR count). The highest BCUT2D eigenvalue weighted by molar-refractivity contribution is 5.95. The van der Waals surface area contributed by atoms with Crippen molar-refractivity contribution in [3.8, 4) is 11.5 Å². The minimum absolute atomic E-state index is 0.0842. The molecule has 146 valence electrons. The molecular weight excluding hydrogens is 342 g/mol. The Morgan fingerprint density at radius 3 is 2.93 bits per heavy atom. The van der Waals surface area contributed by atoms with Gasteiger partial charge in [0.2, 0.25) is 0 Å². The molecule has 6 heteroatoms. The van der Waals surface area contributed by atoms with Gasteiger partial charge in [-0.05, 0) is 38.3 Å². The number of rotatable bonds is 7. The zero-order valence-electron chi connectivity index (χ0n) is 16.5. The van der Waals surface area contributed by atoms with Crippen molar-refractivity contribution in [2.24, 2.45) is 5.92 Å². The van der Waals surface area contributed by atoms with Crippen molar-refractivity contribution in [2.75, 3.05) is 26.8 Å². The second-order valence-electron chi connectivity index (χ2n) is 7.12. The Morgan fingerprint density at radius 2 is 2.15 bits per heavy atom. The van der Waals surface area contributed by atoms with E-state index in [0.717, 1.165) is 61.7 Å². The number of benzene rings is 1. The molecule has 0 saturated carbocycles. The number of likely N-dealkylation sites (tertiary alicyclic amines) is 1. The van der Waals surface area contributed by atoms with E-state index in [0.29, 0.717) is 12.5 Å². The van der Waals surface area contributed by atoms with Gasteiger partial charge in [0.1, 0.15) is 11.5 Å². The highest BCUT2D eigenvalue weighted by Crippen LogP contribution is 2.23. The molecule has 1 aliphatic rings. The van der Waals surface area contributed by atoms with Crippen LogP contribution in [0.5, 0.6) is 11.5 Å². The third-order valence-corrected chi connectivity index (χ3v) is 5.10. The van der Waals surface area contributed by atoms with E-state index in [1.807, 2.05) is 40.8 Å². The monoisotopic (exact) mass is 371 g/mol. The number of piperidine rings is 1. The molecule has 1 aliphatic heterocycles. The van der Waals surface area contributed by atoms with Gasteiger partial charge in [0.05, 0.1) is 25.5 Å². The van der Waals surface area contributed by atoms with Crippen LogP contribution in [0.4, 0.5) is 0 Å². The molecule has 0 N–H and O–H groups in total. The molecule has 2 aromatic rings. The second kappa shape index (κ2) is 8.93. The number of ether oxygens (including phenoxy) is 2. The number of aromatic nitrogens is 2. The predicted octanol–water partition coefficient (Wildman–Crippen LogP) is 3.54. The molecule has 1 atom stereocenters. The summed E-state index contributed by atoms with van der Waals surface area (Å²) in [5.41, 5.74) is 1.68. The Balaban J connectivity index is 1.59. The van der Waals surface area contributed by atoms with Crippen LogP contribution in [-0.4, -0.2) is 47.4 Å². The van der Waals surface area contributed by atoms with Gasteiger partial charge in [0, 0.05) is 37.3 Å². The lowest BCUT2D eigenvalue weighted by Crippen LogP contribution is -2.41. The van der Waals surface area contributed by atoms with Crippen LogP contribution in [-0.2, 0) is 6.54 Å². The van der Waals surface area contributed by atoms with Crippen LogP contribution >= 0.6 is 0 Å². The average molecular weight is 371 g/mol. The van der Waals surface area contributed by atoms with Gasteiger partial charge in [-0.3, -0.25) is 9.48 Å². The first-order valence-electron chi connectivity index (χ1n) is 9.71. The van der Waals surface area contributed by atoms with Gasteiger partial charge >= 0.3 is 0 Å². The third kappa shape index (κ3) is 4.62. The fourth-order valence-corrected chi connectivity index (χ4v) is 3.55. The minimum Gasteiger partial charge on any atom is -0.497 e. The summed E-state index contributed by atoms with van der Waals surface area (Å²) in [4.78, 5) is 14.9. The van der Waals surface area contributed by atoms with Gasteiger partial charge in [-0.2, -0.15) is 5.10 Å². The van der Waals surface area contributed by atoms with Crippen molar-refractivity contribution in [1.29, 1.82) is 0 Å². The molecule has 0 spiro atoms. The van der Waals surface area contributed by atoms with Gasteiger partial charge in [0.25, 0.3) is 5.91 Å². The van der Waals surface area contributed by atoms with Crippen LogP contribution in [0.2, 0.25) is 0 Å². The number of methoxy groups -OCH3 is 1. The minimum atomic E-state index is 0.0842. The highest BCUT2D eigenvalue weighted by atomic mass is 16.5. The summed E-state index contributed by atoms with van der Waals surface area (Å²) in [6.07, 6.45) is 4.79. The summed E-state index contributed by atoms with van der Waals surface area (Å²) < 4.78 is 13.1. The van der Waals surface area contributed by atoms with Gasteiger partial charge in [-0.15, -0.1) is 0 Å². The molecule has 1 saturated heterocycles. The fourth-order valence-electron chi connectivity index (χ4n) is 3.55. The van der Waals surface area contributed by atoms with Crippen LogP contribution in [0.3, 0.4) is 0 Å². The van der Waals surface area contributed by atoms with Crippen molar-refractivity contribution < 1.29 is 14.3 Å². The number of carbonyl (C=O) groups excluding carboxylic acids is 1. The van der Waals surface area contributed by atoms with Gasteiger partial charge in [0.15, 0.2) is 0 Å². The van der Waals surface area contributed by atoms with E-state index in [1.165, 1.54) is 0 Å². The molecule has 1 aromatic heterocycles. The molecule has 1 fully saturated rings. The molecule has 1 aromatic carbocycles. The summed E-state index contributed by atoms with van der Waals surface area (Å²) in [6.45, 7) is 7.05. The van der Waals surface area contributed by atoms with E-state index in [2.05, 4.69) is 12.0 Å². The van der Waals surface area contributed by atoms with Crippen LogP contribution in [0.15, 0.2) is 30.5 Å². The summed E-state index contributed by atoms with van der Waals surface area (Å²) in [5.74, 6) is 2.00. The van der Waals surface area contributed by atoms with Crippen LogP contribution in [0, 0.1) is 12.8 Å². The SMILES string of the molecule is CCCn1ncc(C(=O)N2CCC[C@@H](COc3cccc(OC)c3)C2)c1C. The van der Waals surface area contributed by atoms with Crippen molar-refractivity contribution in [2.45, 2.75) is 39.7 Å². The molecule has 0 unspecified atom stereocenters. The lowest BCUT2D eigenvalue weighted by atomic mass is 9.98. The quantitative estimate of drug-likeness (QED) is 0.747. The van der Waals surface area contributed by atoms with E-state index < -0.39 is 0 Å². The van der Waals surface area contributed by atoms with Gasteiger partial charge in [-0.1, -0.05) is 13.0 Å². The summed E-state index contributed by atoms with van der Waals surface area (Å²) in [5, 5.41) is 4.37. The Labute approximate surface area is 161 Å². The summed E-state index contributed by atoms with van der Waals surface area (Å²) in [6, 6.07) is 7.63. The standard InChI is InChI=1S/C21H29N3O3/c1-4-10-24-16(2)20(13-22-24)21(25)23-11-6-7-17(14-23)15-27-19-9-5-8-18(12-19)26-3/h5,8-9,12-13,17H,4,6-7,10-11,14-15H2,1-3H3/t17-/m1/s1.